The lowest BCUT2D eigenvalue weighted by Crippen LogP contribution is -2.44. The molecule has 2 aliphatic rings. The highest BCUT2D eigenvalue weighted by molar-refractivity contribution is 7.99. The highest BCUT2D eigenvalue weighted by Gasteiger charge is 2.31. The van der Waals surface area contributed by atoms with Gasteiger partial charge in [-0.15, -0.1) is 11.8 Å². The Labute approximate surface area is 124 Å². The summed E-state index contributed by atoms with van der Waals surface area (Å²) >= 11 is 1.75. The number of benzene rings is 1. The fraction of sp³-hybridized carbons (Fsp3) is 0.562. The Morgan fingerprint density at radius 1 is 1.20 bits per heavy atom. The molecule has 4 heteroatoms. The molecule has 0 bridgehead atoms. The molecule has 108 valence electrons. The number of hydrogen-bond acceptors (Lipinski definition) is 3. The molecule has 0 aromatic heterocycles. The molecule has 1 aromatic carbocycles. The topological polar surface area (TPSA) is 49.3 Å². The second kappa shape index (κ2) is 6.19. The first-order valence-corrected chi connectivity index (χ1v) is 8.44. The summed E-state index contributed by atoms with van der Waals surface area (Å²) in [6.07, 6.45) is 4.64. The number of carbonyl (C=O) groups is 1. The van der Waals surface area contributed by atoms with Gasteiger partial charge in [-0.1, -0.05) is 37.5 Å². The fourth-order valence-corrected chi connectivity index (χ4v) is 4.35. The Morgan fingerprint density at radius 2 is 2.00 bits per heavy atom. The second-order valence-corrected chi connectivity index (χ2v) is 6.78. The van der Waals surface area contributed by atoms with Crippen molar-refractivity contribution in [2.24, 2.45) is 0 Å². The summed E-state index contributed by atoms with van der Waals surface area (Å²) in [6.45, 7) is 0. The fourth-order valence-electron chi connectivity index (χ4n) is 3.12. The molecule has 1 heterocycles. The highest BCUT2D eigenvalue weighted by Crippen LogP contribution is 2.39. The van der Waals surface area contributed by atoms with E-state index in [0.717, 1.165) is 43.4 Å². The number of rotatable bonds is 2. The van der Waals surface area contributed by atoms with E-state index in [0.29, 0.717) is 0 Å². The molecule has 1 saturated carbocycles. The number of aliphatic hydroxyl groups is 1. The first kappa shape index (κ1) is 14.0. The molecule has 1 aliphatic heterocycles. The standard InChI is InChI=1S/C16H21NO2S/c18-14-8-3-1-2-7-13(14)17-16(19)12-10-20-15-9-5-4-6-11(12)15/h4-6,9,12-14,18H,1-3,7-8,10H2,(H,17,19). The van der Waals surface area contributed by atoms with Crippen LogP contribution in [0.5, 0.6) is 0 Å². The van der Waals surface area contributed by atoms with Crippen molar-refractivity contribution in [1.82, 2.24) is 5.32 Å². The van der Waals surface area contributed by atoms with Gasteiger partial charge in [0, 0.05) is 10.6 Å². The van der Waals surface area contributed by atoms with E-state index in [1.807, 2.05) is 18.2 Å². The van der Waals surface area contributed by atoms with Gasteiger partial charge in [0.25, 0.3) is 0 Å². The quantitative estimate of drug-likeness (QED) is 0.824. The van der Waals surface area contributed by atoms with Crippen LogP contribution in [0.15, 0.2) is 29.2 Å². The average molecular weight is 291 g/mol. The van der Waals surface area contributed by atoms with E-state index in [1.54, 1.807) is 11.8 Å². The van der Waals surface area contributed by atoms with Crippen molar-refractivity contribution in [2.75, 3.05) is 5.75 Å². The number of hydrogen-bond donors (Lipinski definition) is 2. The maximum Gasteiger partial charge on any atom is 0.228 e. The molecular weight excluding hydrogens is 270 g/mol. The average Bonchev–Trinajstić information content (AvgIpc) is 2.79. The molecule has 0 radical (unpaired) electrons. The predicted molar refractivity (Wildman–Crippen MR) is 80.9 cm³/mol. The predicted octanol–water partition coefficient (Wildman–Crippen LogP) is 2.69. The van der Waals surface area contributed by atoms with Crippen molar-refractivity contribution in [3.05, 3.63) is 29.8 Å². The lowest BCUT2D eigenvalue weighted by molar-refractivity contribution is -0.123. The zero-order valence-corrected chi connectivity index (χ0v) is 12.4. The van der Waals surface area contributed by atoms with Gasteiger partial charge < -0.3 is 10.4 Å². The van der Waals surface area contributed by atoms with E-state index in [-0.39, 0.29) is 24.0 Å². The monoisotopic (exact) mass is 291 g/mol. The molecule has 2 N–H and O–H groups in total. The first-order chi connectivity index (χ1) is 9.75. The number of carbonyl (C=O) groups excluding carboxylic acids is 1. The molecule has 3 atom stereocenters. The molecule has 0 saturated heterocycles. The number of fused-ring (bicyclic) bond motifs is 1. The van der Waals surface area contributed by atoms with E-state index in [1.165, 1.54) is 4.90 Å². The van der Waals surface area contributed by atoms with Crippen LogP contribution in [-0.4, -0.2) is 28.9 Å². The van der Waals surface area contributed by atoms with Crippen molar-refractivity contribution in [1.29, 1.82) is 0 Å². The summed E-state index contributed by atoms with van der Waals surface area (Å²) < 4.78 is 0. The van der Waals surface area contributed by atoms with Crippen LogP contribution in [0.3, 0.4) is 0 Å². The number of nitrogens with one attached hydrogen (secondary N) is 1. The molecule has 1 aliphatic carbocycles. The number of thioether (sulfide) groups is 1. The third-order valence-electron chi connectivity index (χ3n) is 4.32. The van der Waals surface area contributed by atoms with Gasteiger partial charge in [0.05, 0.1) is 18.1 Å². The summed E-state index contributed by atoms with van der Waals surface area (Å²) in [5, 5.41) is 13.2. The Hall–Kier alpha value is -1.00. The highest BCUT2D eigenvalue weighted by atomic mass is 32.2. The lowest BCUT2D eigenvalue weighted by Gasteiger charge is -2.23. The van der Waals surface area contributed by atoms with Crippen molar-refractivity contribution >= 4 is 17.7 Å². The normalized spacial score (nSPS) is 29.6. The van der Waals surface area contributed by atoms with Crippen LogP contribution in [0.2, 0.25) is 0 Å². The van der Waals surface area contributed by atoms with Gasteiger partial charge in [0.2, 0.25) is 5.91 Å². The van der Waals surface area contributed by atoms with Crippen LogP contribution in [0, 0.1) is 0 Å². The van der Waals surface area contributed by atoms with E-state index in [2.05, 4.69) is 11.4 Å². The zero-order valence-electron chi connectivity index (χ0n) is 11.5. The lowest BCUT2D eigenvalue weighted by atomic mass is 9.99. The molecule has 1 amide bonds. The van der Waals surface area contributed by atoms with Crippen LogP contribution in [0.1, 0.15) is 43.6 Å². The molecule has 1 aromatic rings. The Morgan fingerprint density at radius 3 is 2.90 bits per heavy atom. The SMILES string of the molecule is O=C(NC1CCCCCC1O)C1CSc2ccccc21. The number of amides is 1. The Balaban J connectivity index is 1.68. The second-order valence-electron chi connectivity index (χ2n) is 5.72. The Kier molecular flexibility index (Phi) is 4.32. The van der Waals surface area contributed by atoms with Crippen molar-refractivity contribution in [3.8, 4) is 0 Å². The number of aliphatic hydroxyl groups excluding tert-OH is 1. The van der Waals surface area contributed by atoms with Gasteiger partial charge >= 0.3 is 0 Å². The zero-order chi connectivity index (χ0) is 13.9. The van der Waals surface area contributed by atoms with Crippen molar-refractivity contribution in [2.45, 2.75) is 55.1 Å². The van der Waals surface area contributed by atoms with E-state index < -0.39 is 0 Å². The van der Waals surface area contributed by atoms with Crippen molar-refractivity contribution < 1.29 is 9.90 Å². The summed E-state index contributed by atoms with van der Waals surface area (Å²) in [4.78, 5) is 13.7. The molecule has 20 heavy (non-hydrogen) atoms. The van der Waals surface area contributed by atoms with Crippen LogP contribution in [0.4, 0.5) is 0 Å². The van der Waals surface area contributed by atoms with Gasteiger partial charge in [-0.05, 0) is 24.5 Å². The molecule has 3 nitrogen and oxygen atoms in total. The summed E-state index contributed by atoms with van der Waals surface area (Å²) in [5.74, 6) is 0.827. The van der Waals surface area contributed by atoms with Gasteiger partial charge in [0.15, 0.2) is 0 Å². The van der Waals surface area contributed by atoms with E-state index in [4.69, 9.17) is 0 Å². The van der Waals surface area contributed by atoms with Crippen LogP contribution >= 0.6 is 11.8 Å². The van der Waals surface area contributed by atoms with Crippen molar-refractivity contribution in [3.63, 3.8) is 0 Å². The van der Waals surface area contributed by atoms with E-state index in [9.17, 15) is 9.90 Å². The van der Waals surface area contributed by atoms with Crippen LogP contribution in [-0.2, 0) is 4.79 Å². The minimum Gasteiger partial charge on any atom is -0.391 e. The van der Waals surface area contributed by atoms with Gasteiger partial charge in [-0.25, -0.2) is 0 Å². The smallest absolute Gasteiger partial charge is 0.228 e. The minimum absolute atomic E-state index is 0.0633. The Bertz CT molecular complexity index is 491. The maximum atomic E-state index is 12.5. The minimum atomic E-state index is -0.384. The maximum absolute atomic E-state index is 12.5. The van der Waals surface area contributed by atoms with Crippen LogP contribution < -0.4 is 5.32 Å². The molecule has 0 spiro atoms. The van der Waals surface area contributed by atoms with Crippen LogP contribution in [0.25, 0.3) is 0 Å². The summed E-state index contributed by atoms with van der Waals surface area (Å²) in [6, 6.07) is 8.06. The largest absolute Gasteiger partial charge is 0.391 e. The van der Waals surface area contributed by atoms with Gasteiger partial charge in [0.1, 0.15) is 0 Å². The molecule has 3 unspecified atom stereocenters. The third-order valence-corrected chi connectivity index (χ3v) is 5.51. The first-order valence-electron chi connectivity index (χ1n) is 7.46. The summed E-state index contributed by atoms with van der Waals surface area (Å²) in [5.41, 5.74) is 1.14. The summed E-state index contributed by atoms with van der Waals surface area (Å²) in [7, 11) is 0. The molecule has 1 fully saturated rings. The van der Waals surface area contributed by atoms with E-state index >= 15 is 0 Å². The molecule has 3 rings (SSSR count). The van der Waals surface area contributed by atoms with Gasteiger partial charge in [-0.3, -0.25) is 4.79 Å². The third kappa shape index (κ3) is 2.86. The van der Waals surface area contributed by atoms with Gasteiger partial charge in [-0.2, -0.15) is 0 Å². The molecular formula is C16H21NO2S.